The van der Waals surface area contributed by atoms with Crippen molar-refractivity contribution in [3.05, 3.63) is 11.6 Å². The van der Waals surface area contributed by atoms with E-state index < -0.39 is 0 Å². The molecule has 1 heterocycles. The van der Waals surface area contributed by atoms with Crippen LogP contribution >= 0.6 is 0 Å². The lowest BCUT2D eigenvalue weighted by Crippen LogP contribution is -2.28. The maximum absolute atomic E-state index is 10.3. The fourth-order valence-corrected chi connectivity index (χ4v) is 1.12. The predicted octanol–water partition coefficient (Wildman–Crippen LogP) is 0.837. The Morgan fingerprint density at radius 3 is 3.00 bits per heavy atom. The number of nitrogens with zero attached hydrogens (tertiary/aromatic N) is 1. The van der Waals surface area contributed by atoms with Gasteiger partial charge in [-0.25, -0.2) is 0 Å². The largest absolute Gasteiger partial charge is 0.300 e. The molecule has 0 aromatic carbocycles. The van der Waals surface area contributed by atoms with E-state index in [0.29, 0.717) is 0 Å². The number of rotatable bonds is 2. The fraction of sp³-hybridized carbons (Fsp3) is 0.625. The van der Waals surface area contributed by atoms with Gasteiger partial charge in [-0.1, -0.05) is 13.0 Å². The summed E-state index contributed by atoms with van der Waals surface area (Å²) in [5.41, 5.74) is 0.963. The van der Waals surface area contributed by atoms with Crippen LogP contribution in [0, 0.1) is 0 Å². The Bertz CT molecular complexity index is 151. The molecular formula is C8H13NO. The summed E-state index contributed by atoms with van der Waals surface area (Å²) in [5, 5.41) is 0. The van der Waals surface area contributed by atoms with E-state index in [1.807, 2.05) is 6.08 Å². The summed E-state index contributed by atoms with van der Waals surface area (Å²) in [7, 11) is 0. The fourth-order valence-electron chi connectivity index (χ4n) is 1.12. The van der Waals surface area contributed by atoms with E-state index in [9.17, 15) is 4.79 Å². The van der Waals surface area contributed by atoms with Gasteiger partial charge >= 0.3 is 0 Å². The van der Waals surface area contributed by atoms with Crippen LogP contribution in [0.3, 0.4) is 0 Å². The smallest absolute Gasteiger partial charge is 0.145 e. The molecule has 0 spiro atoms. The Kier molecular flexibility index (Phi) is 2.63. The zero-order valence-corrected chi connectivity index (χ0v) is 6.34. The van der Waals surface area contributed by atoms with E-state index in [1.165, 1.54) is 0 Å². The second-order valence-electron chi connectivity index (χ2n) is 2.54. The predicted molar refractivity (Wildman–Crippen MR) is 40.9 cm³/mol. The third kappa shape index (κ3) is 1.67. The summed E-state index contributed by atoms with van der Waals surface area (Å²) in [5.74, 6) is 0. The maximum atomic E-state index is 10.3. The highest BCUT2D eigenvalue weighted by atomic mass is 16.1. The van der Waals surface area contributed by atoms with E-state index >= 15 is 0 Å². The topological polar surface area (TPSA) is 20.3 Å². The minimum Gasteiger partial charge on any atom is -0.300 e. The second-order valence-corrected chi connectivity index (χ2v) is 2.54. The molecule has 0 fully saturated rings. The van der Waals surface area contributed by atoms with Gasteiger partial charge in [0, 0.05) is 13.1 Å². The van der Waals surface area contributed by atoms with Crippen LogP contribution in [0.4, 0.5) is 0 Å². The molecule has 0 radical (unpaired) electrons. The third-order valence-electron chi connectivity index (χ3n) is 1.93. The van der Waals surface area contributed by atoms with Crippen molar-refractivity contribution in [2.45, 2.75) is 13.3 Å². The van der Waals surface area contributed by atoms with Crippen molar-refractivity contribution in [1.82, 2.24) is 4.90 Å². The van der Waals surface area contributed by atoms with Crippen molar-refractivity contribution in [2.75, 3.05) is 19.6 Å². The summed E-state index contributed by atoms with van der Waals surface area (Å²) in [6.45, 7) is 5.22. The first-order chi connectivity index (χ1) is 4.86. The number of hydrogen-bond acceptors (Lipinski definition) is 2. The molecule has 10 heavy (non-hydrogen) atoms. The molecule has 0 saturated heterocycles. The molecule has 56 valence electrons. The molecule has 0 saturated carbocycles. The van der Waals surface area contributed by atoms with Gasteiger partial charge in [-0.15, -0.1) is 0 Å². The molecule has 2 nitrogen and oxygen atoms in total. The quantitative estimate of drug-likeness (QED) is 0.528. The van der Waals surface area contributed by atoms with Crippen LogP contribution in [0.15, 0.2) is 11.6 Å². The van der Waals surface area contributed by atoms with Gasteiger partial charge in [-0.2, -0.15) is 0 Å². The number of aldehydes is 1. The van der Waals surface area contributed by atoms with Crippen molar-refractivity contribution in [2.24, 2.45) is 0 Å². The Balaban J connectivity index is 2.43. The van der Waals surface area contributed by atoms with Crippen molar-refractivity contribution in [3.63, 3.8) is 0 Å². The molecule has 2 heteroatoms. The molecule has 1 rings (SSSR count). The molecule has 1 aliphatic heterocycles. The number of carbonyl (C=O) groups excluding carboxylic acids is 1. The van der Waals surface area contributed by atoms with E-state index in [1.54, 1.807) is 0 Å². The van der Waals surface area contributed by atoms with Crippen LogP contribution < -0.4 is 0 Å². The molecule has 0 bridgehead atoms. The van der Waals surface area contributed by atoms with Crippen LogP contribution in [0.1, 0.15) is 13.3 Å². The summed E-state index contributed by atoms with van der Waals surface area (Å²) < 4.78 is 0. The molecule has 0 aromatic heterocycles. The van der Waals surface area contributed by atoms with E-state index in [4.69, 9.17) is 0 Å². The number of carbonyl (C=O) groups is 1. The van der Waals surface area contributed by atoms with E-state index in [2.05, 4.69) is 11.8 Å². The average Bonchev–Trinajstić information content (AvgIpc) is 2.05. The molecule has 1 aliphatic rings. The van der Waals surface area contributed by atoms with Gasteiger partial charge in [0.15, 0.2) is 0 Å². The lowest BCUT2D eigenvalue weighted by Gasteiger charge is -2.22. The van der Waals surface area contributed by atoms with Gasteiger partial charge < -0.3 is 0 Å². The Morgan fingerprint density at radius 2 is 2.60 bits per heavy atom. The van der Waals surface area contributed by atoms with Gasteiger partial charge in [-0.05, 0) is 18.5 Å². The van der Waals surface area contributed by atoms with Crippen LogP contribution in [0.5, 0.6) is 0 Å². The van der Waals surface area contributed by atoms with Crippen molar-refractivity contribution >= 4 is 6.29 Å². The number of hydrogen-bond donors (Lipinski definition) is 0. The normalized spacial score (nSPS) is 20.3. The van der Waals surface area contributed by atoms with Gasteiger partial charge in [-0.3, -0.25) is 9.69 Å². The standard InChI is InChI=1S/C8H13NO/c1-2-9-5-3-8(7-10)4-6-9/h3,7H,2,4-6H2,1H3. The first-order valence-electron chi connectivity index (χ1n) is 3.73. The highest BCUT2D eigenvalue weighted by Crippen LogP contribution is 2.06. The summed E-state index contributed by atoms with van der Waals surface area (Å²) >= 11 is 0. The summed E-state index contributed by atoms with van der Waals surface area (Å²) in [4.78, 5) is 12.6. The molecule has 0 unspecified atom stereocenters. The Hall–Kier alpha value is -0.630. The summed E-state index contributed by atoms with van der Waals surface area (Å²) in [6.07, 6.45) is 3.91. The highest BCUT2D eigenvalue weighted by molar-refractivity contribution is 5.73. The van der Waals surface area contributed by atoms with Gasteiger partial charge in [0.05, 0.1) is 0 Å². The minimum absolute atomic E-state index is 0.928. The van der Waals surface area contributed by atoms with Crippen LogP contribution in [-0.2, 0) is 4.79 Å². The van der Waals surface area contributed by atoms with Gasteiger partial charge in [0.25, 0.3) is 0 Å². The highest BCUT2D eigenvalue weighted by Gasteiger charge is 2.07. The molecule has 0 N–H and O–H groups in total. The van der Waals surface area contributed by atoms with Gasteiger partial charge in [0.1, 0.15) is 6.29 Å². The molecular weight excluding hydrogens is 126 g/mol. The first-order valence-corrected chi connectivity index (χ1v) is 3.73. The molecule has 0 amide bonds. The zero-order valence-electron chi connectivity index (χ0n) is 6.34. The maximum Gasteiger partial charge on any atom is 0.145 e. The second kappa shape index (κ2) is 3.52. The molecule has 0 aromatic rings. The number of likely N-dealkylation sites (N-methyl/N-ethyl adjacent to an activating group) is 1. The van der Waals surface area contributed by atoms with Crippen LogP contribution in [0.25, 0.3) is 0 Å². The van der Waals surface area contributed by atoms with Crippen LogP contribution in [0.2, 0.25) is 0 Å². The molecule has 0 atom stereocenters. The Morgan fingerprint density at radius 1 is 1.80 bits per heavy atom. The van der Waals surface area contributed by atoms with Crippen molar-refractivity contribution in [1.29, 1.82) is 0 Å². The van der Waals surface area contributed by atoms with E-state index in [0.717, 1.165) is 37.9 Å². The first kappa shape index (κ1) is 7.48. The summed E-state index contributed by atoms with van der Waals surface area (Å²) in [6, 6.07) is 0. The van der Waals surface area contributed by atoms with Gasteiger partial charge in [0.2, 0.25) is 0 Å². The third-order valence-corrected chi connectivity index (χ3v) is 1.93. The van der Waals surface area contributed by atoms with E-state index in [-0.39, 0.29) is 0 Å². The zero-order chi connectivity index (χ0) is 7.40. The SMILES string of the molecule is CCN1CC=C(C=O)CC1. The lowest BCUT2D eigenvalue weighted by atomic mass is 10.1. The Labute approximate surface area is 61.5 Å². The average molecular weight is 139 g/mol. The minimum atomic E-state index is 0.928. The molecule has 0 aliphatic carbocycles. The monoisotopic (exact) mass is 139 g/mol. The van der Waals surface area contributed by atoms with Crippen LogP contribution in [-0.4, -0.2) is 30.8 Å². The van der Waals surface area contributed by atoms with Crippen molar-refractivity contribution in [3.8, 4) is 0 Å². The lowest BCUT2D eigenvalue weighted by molar-refractivity contribution is -0.105. The van der Waals surface area contributed by atoms with Crippen molar-refractivity contribution < 1.29 is 4.79 Å².